The molecule has 1 aromatic carbocycles. The maximum Gasteiger partial charge on any atom is 0.161 e. The molecule has 0 aliphatic carbocycles. The molecule has 19 heavy (non-hydrogen) atoms. The molecular formula is C14H15BrN2O2. The van der Waals surface area contributed by atoms with Crippen LogP contribution < -0.4 is 14.8 Å². The highest BCUT2D eigenvalue weighted by Gasteiger charge is 2.04. The Hall–Kier alpha value is -1.75. The lowest BCUT2D eigenvalue weighted by atomic mass is 10.2. The molecule has 0 unspecified atom stereocenters. The molecule has 100 valence electrons. The molecule has 0 bridgehead atoms. The summed E-state index contributed by atoms with van der Waals surface area (Å²) in [5.41, 5.74) is 2.07. The van der Waals surface area contributed by atoms with Crippen LogP contribution in [0.1, 0.15) is 5.56 Å². The van der Waals surface area contributed by atoms with Gasteiger partial charge in [-0.3, -0.25) is 4.98 Å². The Balaban J connectivity index is 2.07. The van der Waals surface area contributed by atoms with Crippen molar-refractivity contribution in [2.75, 3.05) is 19.5 Å². The van der Waals surface area contributed by atoms with Gasteiger partial charge in [-0.15, -0.1) is 0 Å². The molecule has 2 aromatic rings. The molecular weight excluding hydrogens is 308 g/mol. The average Bonchev–Trinajstić information content (AvgIpc) is 2.45. The van der Waals surface area contributed by atoms with Gasteiger partial charge in [-0.2, -0.15) is 0 Å². The number of nitrogens with zero attached hydrogens (tertiary/aromatic N) is 1. The number of benzene rings is 1. The number of nitrogens with one attached hydrogen (secondary N) is 1. The summed E-state index contributed by atoms with van der Waals surface area (Å²) >= 11 is 3.39. The molecule has 2 rings (SSSR count). The van der Waals surface area contributed by atoms with E-state index in [-0.39, 0.29) is 0 Å². The van der Waals surface area contributed by atoms with Gasteiger partial charge >= 0.3 is 0 Å². The third-order valence-corrected chi connectivity index (χ3v) is 3.08. The molecule has 5 heteroatoms. The van der Waals surface area contributed by atoms with Crippen molar-refractivity contribution in [2.24, 2.45) is 0 Å². The van der Waals surface area contributed by atoms with Crippen LogP contribution in [-0.4, -0.2) is 19.2 Å². The number of halogens is 1. The van der Waals surface area contributed by atoms with Gasteiger partial charge in [0.15, 0.2) is 11.5 Å². The molecule has 0 radical (unpaired) electrons. The lowest BCUT2D eigenvalue weighted by Gasteiger charge is -2.11. The average molecular weight is 323 g/mol. The fourth-order valence-corrected chi connectivity index (χ4v) is 2.07. The minimum atomic E-state index is 0.693. The van der Waals surface area contributed by atoms with Gasteiger partial charge in [0.2, 0.25) is 0 Å². The zero-order valence-corrected chi connectivity index (χ0v) is 12.4. The third-order valence-electron chi connectivity index (χ3n) is 2.65. The molecule has 0 fully saturated rings. The van der Waals surface area contributed by atoms with Crippen LogP contribution in [0.25, 0.3) is 0 Å². The number of rotatable bonds is 5. The SMILES string of the molecule is COc1ccc(CNc2cncc(Br)c2)cc1OC. The van der Waals surface area contributed by atoms with Crippen molar-refractivity contribution >= 4 is 21.6 Å². The molecule has 1 N–H and O–H groups in total. The van der Waals surface area contributed by atoms with E-state index >= 15 is 0 Å². The summed E-state index contributed by atoms with van der Waals surface area (Å²) in [5, 5.41) is 3.30. The molecule has 0 saturated heterocycles. The lowest BCUT2D eigenvalue weighted by molar-refractivity contribution is 0.354. The van der Waals surface area contributed by atoms with Crippen molar-refractivity contribution in [1.82, 2.24) is 4.98 Å². The van der Waals surface area contributed by atoms with E-state index in [4.69, 9.17) is 9.47 Å². The second kappa shape index (κ2) is 6.43. The predicted octanol–water partition coefficient (Wildman–Crippen LogP) is 3.47. The second-order valence-electron chi connectivity index (χ2n) is 3.93. The van der Waals surface area contributed by atoms with E-state index in [0.29, 0.717) is 6.54 Å². The molecule has 0 aliphatic rings. The summed E-state index contributed by atoms with van der Waals surface area (Å²) in [6, 6.07) is 7.83. The Morgan fingerprint density at radius 2 is 1.89 bits per heavy atom. The number of aromatic nitrogens is 1. The van der Waals surface area contributed by atoms with Crippen molar-refractivity contribution in [3.63, 3.8) is 0 Å². The summed E-state index contributed by atoms with van der Waals surface area (Å²) in [7, 11) is 3.26. The minimum Gasteiger partial charge on any atom is -0.493 e. The minimum absolute atomic E-state index is 0.693. The molecule has 0 spiro atoms. The summed E-state index contributed by atoms with van der Waals surface area (Å²) in [4.78, 5) is 4.10. The van der Waals surface area contributed by atoms with Crippen LogP contribution in [0.5, 0.6) is 11.5 Å². The zero-order chi connectivity index (χ0) is 13.7. The number of ether oxygens (including phenoxy) is 2. The van der Waals surface area contributed by atoms with E-state index in [2.05, 4.69) is 26.2 Å². The zero-order valence-electron chi connectivity index (χ0n) is 10.8. The molecule has 4 nitrogen and oxygen atoms in total. The lowest BCUT2D eigenvalue weighted by Crippen LogP contribution is -2.00. The highest BCUT2D eigenvalue weighted by Crippen LogP contribution is 2.27. The maximum atomic E-state index is 5.28. The van der Waals surface area contributed by atoms with Crippen LogP contribution in [0.3, 0.4) is 0 Å². The first-order chi connectivity index (χ1) is 9.22. The Kier molecular flexibility index (Phi) is 4.63. The largest absolute Gasteiger partial charge is 0.493 e. The number of hydrogen-bond acceptors (Lipinski definition) is 4. The number of methoxy groups -OCH3 is 2. The van der Waals surface area contributed by atoms with Crippen molar-refractivity contribution in [1.29, 1.82) is 0 Å². The summed E-state index contributed by atoms with van der Waals surface area (Å²) in [5.74, 6) is 1.46. The maximum absolute atomic E-state index is 5.28. The van der Waals surface area contributed by atoms with Gasteiger partial charge in [0.05, 0.1) is 26.1 Å². The Bertz CT molecular complexity index is 561. The second-order valence-corrected chi connectivity index (χ2v) is 4.85. The number of pyridine rings is 1. The van der Waals surface area contributed by atoms with Crippen LogP contribution in [0.2, 0.25) is 0 Å². The van der Waals surface area contributed by atoms with E-state index < -0.39 is 0 Å². The van der Waals surface area contributed by atoms with E-state index in [1.54, 1.807) is 26.6 Å². The fraction of sp³-hybridized carbons (Fsp3) is 0.214. The quantitative estimate of drug-likeness (QED) is 0.915. The van der Waals surface area contributed by atoms with Crippen molar-refractivity contribution < 1.29 is 9.47 Å². The normalized spacial score (nSPS) is 10.1. The van der Waals surface area contributed by atoms with Crippen molar-refractivity contribution in [3.05, 3.63) is 46.7 Å². The van der Waals surface area contributed by atoms with Gasteiger partial charge in [0.25, 0.3) is 0 Å². The molecule has 0 atom stereocenters. The first-order valence-corrected chi connectivity index (χ1v) is 6.57. The highest BCUT2D eigenvalue weighted by molar-refractivity contribution is 9.10. The standard InChI is InChI=1S/C14H15BrN2O2/c1-18-13-4-3-10(5-14(13)19-2)7-17-12-6-11(15)8-16-9-12/h3-6,8-9,17H,7H2,1-2H3. The topological polar surface area (TPSA) is 43.4 Å². The first-order valence-electron chi connectivity index (χ1n) is 5.78. The molecule has 1 heterocycles. The Morgan fingerprint density at radius 3 is 2.58 bits per heavy atom. The Labute approximate surface area is 120 Å². The van der Waals surface area contributed by atoms with Crippen LogP contribution in [-0.2, 0) is 6.54 Å². The van der Waals surface area contributed by atoms with Gasteiger partial charge in [0, 0.05) is 17.2 Å². The van der Waals surface area contributed by atoms with Crippen LogP contribution in [0, 0.1) is 0 Å². The first kappa shape index (κ1) is 13.7. The molecule has 0 saturated carbocycles. The van der Waals surface area contributed by atoms with E-state index in [9.17, 15) is 0 Å². The summed E-state index contributed by atoms with van der Waals surface area (Å²) in [6.07, 6.45) is 3.53. The van der Waals surface area contributed by atoms with Gasteiger partial charge < -0.3 is 14.8 Å². The van der Waals surface area contributed by atoms with Gasteiger partial charge in [-0.1, -0.05) is 6.07 Å². The van der Waals surface area contributed by atoms with E-state index in [0.717, 1.165) is 27.2 Å². The smallest absolute Gasteiger partial charge is 0.161 e. The van der Waals surface area contributed by atoms with Crippen molar-refractivity contribution in [2.45, 2.75) is 6.54 Å². The third kappa shape index (κ3) is 3.61. The van der Waals surface area contributed by atoms with E-state index in [1.165, 1.54) is 0 Å². The van der Waals surface area contributed by atoms with Gasteiger partial charge in [-0.25, -0.2) is 0 Å². The van der Waals surface area contributed by atoms with Gasteiger partial charge in [0.1, 0.15) is 0 Å². The van der Waals surface area contributed by atoms with Crippen LogP contribution in [0.15, 0.2) is 41.1 Å². The van der Waals surface area contributed by atoms with Crippen LogP contribution in [0.4, 0.5) is 5.69 Å². The highest BCUT2D eigenvalue weighted by atomic mass is 79.9. The Morgan fingerprint density at radius 1 is 1.11 bits per heavy atom. The monoisotopic (exact) mass is 322 g/mol. The number of anilines is 1. The van der Waals surface area contributed by atoms with E-state index in [1.807, 2.05) is 24.3 Å². The van der Waals surface area contributed by atoms with Crippen LogP contribution >= 0.6 is 15.9 Å². The van der Waals surface area contributed by atoms with Crippen molar-refractivity contribution in [3.8, 4) is 11.5 Å². The predicted molar refractivity (Wildman–Crippen MR) is 78.8 cm³/mol. The molecule has 0 amide bonds. The summed E-state index contributed by atoms with van der Waals surface area (Å²) in [6.45, 7) is 0.693. The molecule has 1 aromatic heterocycles. The fourth-order valence-electron chi connectivity index (χ4n) is 1.70. The van der Waals surface area contributed by atoms with Gasteiger partial charge in [-0.05, 0) is 39.7 Å². The summed E-state index contributed by atoms with van der Waals surface area (Å²) < 4.78 is 11.4. The molecule has 0 aliphatic heterocycles. The number of hydrogen-bond donors (Lipinski definition) is 1.